The Balaban J connectivity index is 1.94. The predicted molar refractivity (Wildman–Crippen MR) is 82.9 cm³/mol. The molecule has 0 spiro atoms. The highest BCUT2D eigenvalue weighted by Gasteiger charge is 2.21. The molecule has 5 heteroatoms. The minimum atomic E-state index is -0.587. The second-order valence-electron chi connectivity index (χ2n) is 4.87. The number of benzene rings is 1. The van der Waals surface area contributed by atoms with Gasteiger partial charge in [0.05, 0.1) is 0 Å². The zero-order chi connectivity index (χ0) is 13.8. The first-order valence-electron chi connectivity index (χ1n) is 6.44. The summed E-state index contributed by atoms with van der Waals surface area (Å²) in [4.78, 5) is 23.6. The molecule has 1 aliphatic carbocycles. The number of halogens is 1. The molecule has 0 radical (unpaired) electrons. The first kappa shape index (κ1) is 14.3. The van der Waals surface area contributed by atoms with Crippen LogP contribution < -0.4 is 10.6 Å². The van der Waals surface area contributed by atoms with Gasteiger partial charge in [0.2, 0.25) is 0 Å². The van der Waals surface area contributed by atoms with E-state index in [2.05, 4.69) is 33.2 Å². The summed E-state index contributed by atoms with van der Waals surface area (Å²) >= 11 is 2.21. The molecule has 0 aliphatic heterocycles. The number of carbonyl (C=O) groups excluding carboxylic acids is 2. The summed E-state index contributed by atoms with van der Waals surface area (Å²) in [6.45, 7) is 1.91. The van der Waals surface area contributed by atoms with Gasteiger partial charge in [0.1, 0.15) is 0 Å². The molecule has 0 bridgehead atoms. The Hall–Kier alpha value is -1.11. The number of hydrogen-bond donors (Lipinski definition) is 2. The number of hydrogen-bond acceptors (Lipinski definition) is 2. The first-order chi connectivity index (χ1) is 9.06. The van der Waals surface area contributed by atoms with E-state index >= 15 is 0 Å². The zero-order valence-corrected chi connectivity index (χ0v) is 13.0. The molecule has 1 aliphatic rings. The summed E-state index contributed by atoms with van der Waals surface area (Å²) in [6, 6.07) is 5.84. The predicted octanol–water partition coefficient (Wildman–Crippen LogP) is 2.60. The minimum Gasteiger partial charge on any atom is -0.345 e. The van der Waals surface area contributed by atoms with Crippen molar-refractivity contribution >= 4 is 40.1 Å². The quantitative estimate of drug-likeness (QED) is 0.620. The van der Waals surface area contributed by atoms with Crippen molar-refractivity contribution in [3.05, 3.63) is 27.3 Å². The number of amides is 2. The maximum atomic E-state index is 11.8. The van der Waals surface area contributed by atoms with Gasteiger partial charge in [-0.1, -0.05) is 12.8 Å². The molecule has 1 saturated carbocycles. The average molecular weight is 372 g/mol. The van der Waals surface area contributed by atoms with Gasteiger partial charge in [-0.05, 0) is 66.1 Å². The summed E-state index contributed by atoms with van der Waals surface area (Å²) < 4.78 is 1.10. The third-order valence-electron chi connectivity index (χ3n) is 3.33. The highest BCUT2D eigenvalue weighted by Crippen LogP contribution is 2.19. The van der Waals surface area contributed by atoms with Crippen LogP contribution in [0.2, 0.25) is 0 Å². The molecule has 2 N–H and O–H groups in total. The Bertz CT molecular complexity index is 496. The van der Waals surface area contributed by atoms with E-state index in [1.54, 1.807) is 0 Å². The Labute approximate surface area is 126 Å². The first-order valence-corrected chi connectivity index (χ1v) is 7.52. The largest absolute Gasteiger partial charge is 0.345 e. The van der Waals surface area contributed by atoms with Crippen molar-refractivity contribution in [3.8, 4) is 0 Å². The van der Waals surface area contributed by atoms with Crippen molar-refractivity contribution in [1.82, 2.24) is 5.32 Å². The van der Waals surface area contributed by atoms with Crippen LogP contribution in [0.5, 0.6) is 0 Å². The molecule has 1 aromatic rings. The van der Waals surface area contributed by atoms with Gasteiger partial charge < -0.3 is 10.6 Å². The van der Waals surface area contributed by atoms with E-state index in [0.29, 0.717) is 5.69 Å². The summed E-state index contributed by atoms with van der Waals surface area (Å²) in [5, 5.41) is 5.43. The van der Waals surface area contributed by atoms with E-state index in [1.807, 2.05) is 25.1 Å². The van der Waals surface area contributed by atoms with Crippen LogP contribution in [-0.4, -0.2) is 17.9 Å². The van der Waals surface area contributed by atoms with Gasteiger partial charge >= 0.3 is 11.8 Å². The van der Waals surface area contributed by atoms with Crippen molar-refractivity contribution in [2.45, 2.75) is 38.6 Å². The van der Waals surface area contributed by atoms with Crippen molar-refractivity contribution in [1.29, 1.82) is 0 Å². The van der Waals surface area contributed by atoms with E-state index in [9.17, 15) is 9.59 Å². The molecule has 0 saturated heterocycles. The maximum Gasteiger partial charge on any atom is 0.313 e. The smallest absolute Gasteiger partial charge is 0.313 e. The molecule has 0 heterocycles. The SMILES string of the molecule is Cc1cc(I)ccc1NC(=O)C(=O)NC1CCCC1. The number of carbonyl (C=O) groups is 2. The molecule has 102 valence electrons. The molecule has 1 aromatic carbocycles. The lowest BCUT2D eigenvalue weighted by Crippen LogP contribution is -2.40. The Morgan fingerprint density at radius 2 is 1.89 bits per heavy atom. The van der Waals surface area contributed by atoms with Crippen LogP contribution in [0.3, 0.4) is 0 Å². The van der Waals surface area contributed by atoms with Gasteiger partial charge in [-0.3, -0.25) is 9.59 Å². The Morgan fingerprint density at radius 1 is 1.21 bits per heavy atom. The number of aryl methyl sites for hydroxylation is 1. The van der Waals surface area contributed by atoms with E-state index < -0.39 is 11.8 Å². The third-order valence-corrected chi connectivity index (χ3v) is 4.00. The van der Waals surface area contributed by atoms with Crippen LogP contribution in [0.25, 0.3) is 0 Å². The van der Waals surface area contributed by atoms with Gasteiger partial charge in [0, 0.05) is 15.3 Å². The lowest BCUT2D eigenvalue weighted by molar-refractivity contribution is -0.136. The molecule has 2 rings (SSSR count). The van der Waals surface area contributed by atoms with E-state index in [-0.39, 0.29) is 6.04 Å². The molecular formula is C14H17IN2O2. The van der Waals surface area contributed by atoms with Crippen molar-refractivity contribution in [2.24, 2.45) is 0 Å². The van der Waals surface area contributed by atoms with Crippen molar-refractivity contribution < 1.29 is 9.59 Å². The minimum absolute atomic E-state index is 0.163. The standard InChI is InChI=1S/C14H17IN2O2/c1-9-8-10(15)6-7-12(9)17-14(19)13(18)16-11-4-2-3-5-11/h6-8,11H,2-5H2,1H3,(H,16,18)(H,17,19). The number of anilines is 1. The second-order valence-corrected chi connectivity index (χ2v) is 6.11. The normalized spacial score (nSPS) is 15.3. The molecular weight excluding hydrogens is 355 g/mol. The highest BCUT2D eigenvalue weighted by atomic mass is 127. The molecule has 19 heavy (non-hydrogen) atoms. The van der Waals surface area contributed by atoms with Crippen LogP contribution in [0.1, 0.15) is 31.2 Å². The number of rotatable bonds is 2. The van der Waals surface area contributed by atoms with Crippen LogP contribution in [0.15, 0.2) is 18.2 Å². The van der Waals surface area contributed by atoms with Gasteiger partial charge in [0.15, 0.2) is 0 Å². The van der Waals surface area contributed by atoms with Crippen molar-refractivity contribution in [2.75, 3.05) is 5.32 Å². The summed E-state index contributed by atoms with van der Waals surface area (Å²) in [5.74, 6) is -1.12. The van der Waals surface area contributed by atoms with Gasteiger partial charge in [-0.2, -0.15) is 0 Å². The lowest BCUT2D eigenvalue weighted by Gasteiger charge is -2.12. The summed E-state index contributed by atoms with van der Waals surface area (Å²) in [5.41, 5.74) is 1.64. The van der Waals surface area contributed by atoms with E-state index in [1.165, 1.54) is 0 Å². The second kappa shape index (κ2) is 6.36. The summed E-state index contributed by atoms with van der Waals surface area (Å²) in [7, 11) is 0. The summed E-state index contributed by atoms with van der Waals surface area (Å²) in [6.07, 6.45) is 4.20. The topological polar surface area (TPSA) is 58.2 Å². The van der Waals surface area contributed by atoms with Gasteiger partial charge in [-0.25, -0.2) is 0 Å². The van der Waals surface area contributed by atoms with Gasteiger partial charge in [0.25, 0.3) is 0 Å². The monoisotopic (exact) mass is 372 g/mol. The Kier molecular flexibility index (Phi) is 4.79. The average Bonchev–Trinajstić information content (AvgIpc) is 2.85. The maximum absolute atomic E-state index is 11.8. The zero-order valence-electron chi connectivity index (χ0n) is 10.8. The van der Waals surface area contributed by atoms with Crippen LogP contribution in [-0.2, 0) is 9.59 Å². The van der Waals surface area contributed by atoms with Gasteiger partial charge in [-0.15, -0.1) is 0 Å². The fraction of sp³-hybridized carbons (Fsp3) is 0.429. The third kappa shape index (κ3) is 3.92. The van der Waals surface area contributed by atoms with E-state index in [0.717, 1.165) is 34.8 Å². The fourth-order valence-corrected chi connectivity index (χ4v) is 2.91. The molecule has 0 atom stereocenters. The fourth-order valence-electron chi connectivity index (χ4n) is 2.27. The molecule has 0 unspecified atom stereocenters. The van der Waals surface area contributed by atoms with Crippen LogP contribution in [0.4, 0.5) is 5.69 Å². The Morgan fingerprint density at radius 3 is 2.53 bits per heavy atom. The highest BCUT2D eigenvalue weighted by molar-refractivity contribution is 14.1. The lowest BCUT2D eigenvalue weighted by atomic mass is 10.2. The van der Waals surface area contributed by atoms with Crippen molar-refractivity contribution in [3.63, 3.8) is 0 Å². The molecule has 1 fully saturated rings. The molecule has 0 aromatic heterocycles. The number of nitrogens with one attached hydrogen (secondary N) is 2. The van der Waals surface area contributed by atoms with E-state index in [4.69, 9.17) is 0 Å². The molecule has 4 nitrogen and oxygen atoms in total. The van der Waals surface area contributed by atoms with Crippen LogP contribution in [0, 0.1) is 10.5 Å². The van der Waals surface area contributed by atoms with Crippen LogP contribution >= 0.6 is 22.6 Å². The molecule has 2 amide bonds.